The first-order chi connectivity index (χ1) is 12.4. The first-order valence-electron chi connectivity index (χ1n) is 7.57. The molecule has 0 bridgehead atoms. The second-order valence-corrected chi connectivity index (χ2v) is 6.79. The van der Waals surface area contributed by atoms with E-state index in [-0.39, 0.29) is 16.5 Å². The topological polar surface area (TPSA) is 72.1 Å². The van der Waals surface area contributed by atoms with Crippen LogP contribution in [0.3, 0.4) is 0 Å². The average molecular weight is 391 g/mol. The summed E-state index contributed by atoms with van der Waals surface area (Å²) >= 11 is 7.44. The summed E-state index contributed by atoms with van der Waals surface area (Å²) in [6.07, 6.45) is 1.68. The maximum Gasteiger partial charge on any atom is 0.339 e. The minimum absolute atomic E-state index is 0.126. The fourth-order valence-electron chi connectivity index (χ4n) is 2.41. The third kappa shape index (κ3) is 3.40. The summed E-state index contributed by atoms with van der Waals surface area (Å²) in [5, 5.41) is 0.913. The minimum atomic E-state index is -0.499. The predicted molar refractivity (Wildman–Crippen MR) is 102 cm³/mol. The van der Waals surface area contributed by atoms with E-state index in [0.29, 0.717) is 27.2 Å². The zero-order chi connectivity index (χ0) is 18.8. The lowest BCUT2D eigenvalue weighted by molar-refractivity contribution is -0.121. The van der Waals surface area contributed by atoms with Gasteiger partial charge in [0.15, 0.2) is 5.17 Å². The van der Waals surface area contributed by atoms with Crippen molar-refractivity contribution in [1.29, 1.82) is 0 Å². The maximum absolute atomic E-state index is 12.2. The molecule has 1 fully saturated rings. The van der Waals surface area contributed by atoms with Crippen molar-refractivity contribution in [3.05, 3.63) is 51.6 Å². The smallest absolute Gasteiger partial charge is 0.339 e. The number of amidine groups is 1. The molecular weight excluding hydrogens is 376 g/mol. The quantitative estimate of drug-likeness (QED) is 0.586. The van der Waals surface area contributed by atoms with E-state index in [1.165, 1.54) is 23.8 Å². The first-order valence-corrected chi connectivity index (χ1v) is 8.76. The van der Waals surface area contributed by atoms with E-state index in [1.807, 2.05) is 0 Å². The molecule has 2 aromatic rings. The van der Waals surface area contributed by atoms with Crippen LogP contribution < -0.4 is 0 Å². The van der Waals surface area contributed by atoms with Gasteiger partial charge < -0.3 is 9.15 Å². The van der Waals surface area contributed by atoms with Crippen LogP contribution in [0.25, 0.3) is 17.4 Å². The number of likely N-dealkylation sites (N-methyl/N-ethyl adjacent to an activating group) is 1. The summed E-state index contributed by atoms with van der Waals surface area (Å²) in [7, 11) is 4.62. The first kappa shape index (κ1) is 18.3. The third-order valence-corrected chi connectivity index (χ3v) is 5.22. The number of esters is 1. The predicted octanol–water partition coefficient (Wildman–Crippen LogP) is 3.92. The van der Waals surface area contributed by atoms with Crippen molar-refractivity contribution in [3.63, 3.8) is 0 Å². The van der Waals surface area contributed by atoms with Crippen LogP contribution in [0.2, 0.25) is 5.02 Å². The molecular formula is C18H15ClN2O4S. The molecule has 0 unspecified atom stereocenters. The fraction of sp³-hybridized carbons (Fsp3) is 0.167. The molecule has 1 aromatic heterocycles. The molecule has 1 amide bonds. The zero-order valence-corrected chi connectivity index (χ0v) is 15.9. The van der Waals surface area contributed by atoms with Gasteiger partial charge in [-0.05, 0) is 36.0 Å². The van der Waals surface area contributed by atoms with E-state index < -0.39 is 5.97 Å². The molecule has 0 aliphatic carbocycles. The Bertz CT molecular complexity index is 948. The van der Waals surface area contributed by atoms with Crippen LogP contribution in [0, 0.1) is 0 Å². The molecule has 0 N–H and O–H groups in total. The summed E-state index contributed by atoms with van der Waals surface area (Å²) in [5.74, 6) is 0.484. The molecule has 6 nitrogen and oxygen atoms in total. The molecule has 1 saturated heterocycles. The Morgan fingerprint density at radius 1 is 1.35 bits per heavy atom. The number of hydrogen-bond donors (Lipinski definition) is 0. The Kier molecular flexibility index (Phi) is 5.20. The number of halogens is 1. The third-order valence-electron chi connectivity index (χ3n) is 3.75. The number of benzene rings is 1. The van der Waals surface area contributed by atoms with Crippen LogP contribution in [0.1, 0.15) is 16.1 Å². The highest BCUT2D eigenvalue weighted by Gasteiger charge is 2.30. The molecule has 1 aliphatic rings. The van der Waals surface area contributed by atoms with E-state index >= 15 is 0 Å². The number of nitrogens with zero attached hydrogens (tertiary/aromatic N) is 2. The van der Waals surface area contributed by atoms with Gasteiger partial charge in [-0.3, -0.25) is 14.7 Å². The summed E-state index contributed by atoms with van der Waals surface area (Å²) in [5.41, 5.74) is 1.000. The number of hydrogen-bond acceptors (Lipinski definition) is 6. The van der Waals surface area contributed by atoms with Crippen LogP contribution in [0.15, 0.2) is 44.6 Å². The SMILES string of the molecule is CN=C1S/C(=C\c2ccc(-c3ccc(C(=O)OC)c(Cl)c3)o2)C(=O)N1C. The van der Waals surface area contributed by atoms with Gasteiger partial charge in [-0.25, -0.2) is 4.79 Å². The van der Waals surface area contributed by atoms with Crippen LogP contribution in [0.4, 0.5) is 0 Å². The maximum atomic E-state index is 12.2. The van der Waals surface area contributed by atoms with Gasteiger partial charge in [-0.1, -0.05) is 17.7 Å². The average Bonchev–Trinajstić information content (AvgIpc) is 3.21. The normalized spacial score (nSPS) is 17.4. The van der Waals surface area contributed by atoms with Crippen molar-refractivity contribution in [2.45, 2.75) is 0 Å². The Morgan fingerprint density at radius 3 is 2.73 bits per heavy atom. The molecule has 134 valence electrons. The molecule has 0 atom stereocenters. The lowest BCUT2D eigenvalue weighted by atomic mass is 10.1. The second kappa shape index (κ2) is 7.39. The number of amides is 1. The van der Waals surface area contributed by atoms with Gasteiger partial charge >= 0.3 is 5.97 Å². The lowest BCUT2D eigenvalue weighted by Gasteiger charge is -2.05. The van der Waals surface area contributed by atoms with Crippen molar-refractivity contribution in [3.8, 4) is 11.3 Å². The molecule has 1 aromatic carbocycles. The lowest BCUT2D eigenvalue weighted by Crippen LogP contribution is -2.23. The van der Waals surface area contributed by atoms with Crippen LogP contribution in [-0.2, 0) is 9.53 Å². The number of rotatable bonds is 3. The van der Waals surface area contributed by atoms with Crippen molar-refractivity contribution in [1.82, 2.24) is 4.90 Å². The Labute approximate surface area is 159 Å². The number of furan rings is 1. The summed E-state index contributed by atoms with van der Waals surface area (Å²) in [6, 6.07) is 8.48. The molecule has 1 aliphatic heterocycles. The van der Waals surface area contributed by atoms with Crippen LogP contribution in [-0.4, -0.2) is 43.1 Å². The van der Waals surface area contributed by atoms with E-state index in [4.69, 9.17) is 16.0 Å². The molecule has 8 heteroatoms. The zero-order valence-electron chi connectivity index (χ0n) is 14.3. The molecule has 26 heavy (non-hydrogen) atoms. The summed E-state index contributed by atoms with van der Waals surface area (Å²) < 4.78 is 10.5. The molecule has 2 heterocycles. The number of carbonyl (C=O) groups excluding carboxylic acids is 2. The monoisotopic (exact) mass is 390 g/mol. The minimum Gasteiger partial charge on any atom is -0.465 e. The number of thioether (sulfide) groups is 1. The Morgan fingerprint density at radius 2 is 2.12 bits per heavy atom. The highest BCUT2D eigenvalue weighted by atomic mass is 35.5. The van der Waals surface area contributed by atoms with E-state index in [9.17, 15) is 9.59 Å². The van der Waals surface area contributed by atoms with Crippen molar-refractivity contribution in [2.24, 2.45) is 4.99 Å². The van der Waals surface area contributed by atoms with Crippen molar-refractivity contribution in [2.75, 3.05) is 21.2 Å². The molecule has 0 saturated carbocycles. The molecule has 0 spiro atoms. The van der Waals surface area contributed by atoms with E-state index in [2.05, 4.69) is 9.73 Å². The molecule has 0 radical (unpaired) electrons. The highest BCUT2D eigenvalue weighted by molar-refractivity contribution is 8.18. The van der Waals surface area contributed by atoms with Crippen molar-refractivity contribution < 1.29 is 18.7 Å². The van der Waals surface area contributed by atoms with Gasteiger partial charge in [0.25, 0.3) is 5.91 Å². The number of ether oxygens (including phenoxy) is 1. The summed E-state index contributed by atoms with van der Waals surface area (Å²) in [4.78, 5) is 29.9. The van der Waals surface area contributed by atoms with Crippen LogP contribution in [0.5, 0.6) is 0 Å². The van der Waals surface area contributed by atoms with E-state index in [1.54, 1.807) is 50.5 Å². The number of aliphatic imine (C=N–C) groups is 1. The van der Waals surface area contributed by atoms with Gasteiger partial charge in [-0.2, -0.15) is 0 Å². The number of methoxy groups -OCH3 is 1. The summed E-state index contributed by atoms with van der Waals surface area (Å²) in [6.45, 7) is 0. The fourth-order valence-corrected chi connectivity index (χ4v) is 3.57. The standard InChI is InChI=1S/C18H15ClN2O4S/c1-20-18-21(2)16(22)15(26-18)9-11-5-7-14(25-11)10-4-6-12(13(19)8-10)17(23)24-3/h4-9H,1-3H3/b15-9-,20-18?. The highest BCUT2D eigenvalue weighted by Crippen LogP contribution is 2.33. The Hall–Kier alpha value is -2.51. The molecule has 3 rings (SSSR count). The van der Waals surface area contributed by atoms with Gasteiger partial charge in [0.1, 0.15) is 11.5 Å². The largest absolute Gasteiger partial charge is 0.465 e. The number of carbonyl (C=O) groups is 2. The van der Waals surface area contributed by atoms with Gasteiger partial charge in [0.05, 0.1) is 22.6 Å². The van der Waals surface area contributed by atoms with Gasteiger partial charge in [0, 0.05) is 25.7 Å². The van der Waals surface area contributed by atoms with Gasteiger partial charge in [-0.15, -0.1) is 0 Å². The van der Waals surface area contributed by atoms with Crippen molar-refractivity contribution >= 4 is 46.5 Å². The van der Waals surface area contributed by atoms with E-state index in [0.717, 1.165) is 0 Å². The second-order valence-electron chi connectivity index (χ2n) is 5.37. The Balaban J connectivity index is 1.87. The van der Waals surface area contributed by atoms with Gasteiger partial charge in [0.2, 0.25) is 0 Å². The van der Waals surface area contributed by atoms with Crippen LogP contribution >= 0.6 is 23.4 Å².